The molecule has 0 radical (unpaired) electrons. The molecule has 1 aromatic heterocycles. The number of hydrogen-bond donors (Lipinski definition) is 1. The number of nitrogens with zero attached hydrogens (tertiary/aromatic N) is 2. The minimum absolute atomic E-state index is 0.0126. The Kier molecular flexibility index (Phi) is 7.55. The van der Waals surface area contributed by atoms with Gasteiger partial charge < -0.3 is 10.1 Å². The lowest BCUT2D eigenvalue weighted by molar-refractivity contribution is -0.138. The number of carbonyl (C=O) groups is 1. The van der Waals surface area contributed by atoms with Crippen LogP contribution in [0, 0.1) is 17.1 Å². The van der Waals surface area contributed by atoms with Gasteiger partial charge in [0.05, 0.1) is 34.9 Å². The summed E-state index contributed by atoms with van der Waals surface area (Å²) < 4.78 is 60.1. The number of anilines is 1. The Hall–Kier alpha value is -3.58. The number of pyridine rings is 1. The van der Waals surface area contributed by atoms with E-state index in [2.05, 4.69) is 10.3 Å². The molecule has 2 aromatic carbocycles. The number of thioether (sulfide) groups is 1. The molecule has 1 amide bonds. The van der Waals surface area contributed by atoms with E-state index >= 15 is 0 Å². The zero-order valence-electron chi connectivity index (χ0n) is 17.2. The number of nitriles is 1. The van der Waals surface area contributed by atoms with Crippen LogP contribution in [0.15, 0.2) is 59.6 Å². The average molecular weight is 475 g/mol. The predicted molar refractivity (Wildman–Crippen MR) is 116 cm³/mol. The first-order valence-corrected chi connectivity index (χ1v) is 10.6. The van der Waals surface area contributed by atoms with Gasteiger partial charge >= 0.3 is 6.18 Å². The number of ether oxygens (including phenoxy) is 1. The van der Waals surface area contributed by atoms with Crippen molar-refractivity contribution in [2.45, 2.75) is 18.1 Å². The fraction of sp³-hybridized carbons (Fsp3) is 0.174. The summed E-state index contributed by atoms with van der Waals surface area (Å²) in [5.41, 5.74) is -1.52. The van der Waals surface area contributed by atoms with E-state index in [1.165, 1.54) is 18.2 Å². The lowest BCUT2D eigenvalue weighted by Gasteiger charge is -2.14. The third kappa shape index (κ3) is 6.02. The second-order valence-corrected chi connectivity index (χ2v) is 7.58. The van der Waals surface area contributed by atoms with E-state index < -0.39 is 29.0 Å². The molecule has 10 heteroatoms. The Labute approximate surface area is 191 Å². The minimum Gasteiger partial charge on any atom is -0.494 e. The molecule has 33 heavy (non-hydrogen) atoms. The number of para-hydroxylation sites is 1. The molecule has 170 valence electrons. The number of benzene rings is 2. The van der Waals surface area contributed by atoms with Gasteiger partial charge in [-0.05, 0) is 49.4 Å². The zero-order valence-corrected chi connectivity index (χ0v) is 18.1. The SMILES string of the molecule is CCOc1ccc(-c2cc(C(F)(F)F)c(C#N)c(SCC(=O)Nc3ccccc3F)n2)cc1. The van der Waals surface area contributed by atoms with Crippen molar-refractivity contribution >= 4 is 23.4 Å². The van der Waals surface area contributed by atoms with E-state index in [1.54, 1.807) is 37.3 Å². The van der Waals surface area contributed by atoms with Gasteiger partial charge in [-0.2, -0.15) is 18.4 Å². The van der Waals surface area contributed by atoms with Gasteiger partial charge in [-0.1, -0.05) is 23.9 Å². The number of hydrogen-bond acceptors (Lipinski definition) is 5. The highest BCUT2D eigenvalue weighted by molar-refractivity contribution is 8.00. The van der Waals surface area contributed by atoms with Crippen LogP contribution < -0.4 is 10.1 Å². The van der Waals surface area contributed by atoms with Crippen molar-refractivity contribution in [3.63, 3.8) is 0 Å². The van der Waals surface area contributed by atoms with Gasteiger partial charge in [0.2, 0.25) is 5.91 Å². The number of alkyl halides is 3. The number of amides is 1. The Balaban J connectivity index is 1.92. The highest BCUT2D eigenvalue weighted by Crippen LogP contribution is 2.38. The largest absolute Gasteiger partial charge is 0.494 e. The van der Waals surface area contributed by atoms with Crippen molar-refractivity contribution in [2.24, 2.45) is 0 Å². The van der Waals surface area contributed by atoms with Gasteiger partial charge in [0.15, 0.2) is 0 Å². The molecule has 0 aliphatic rings. The maximum absolute atomic E-state index is 13.7. The second kappa shape index (κ2) is 10.4. The molecule has 1 heterocycles. The van der Waals surface area contributed by atoms with Crippen molar-refractivity contribution in [3.05, 3.63) is 71.5 Å². The summed E-state index contributed by atoms with van der Waals surface area (Å²) in [6.45, 7) is 2.24. The fourth-order valence-electron chi connectivity index (χ4n) is 2.88. The third-order valence-corrected chi connectivity index (χ3v) is 5.33. The van der Waals surface area contributed by atoms with Crippen molar-refractivity contribution < 1.29 is 27.1 Å². The number of rotatable bonds is 7. The van der Waals surface area contributed by atoms with E-state index in [1.807, 2.05) is 0 Å². The summed E-state index contributed by atoms with van der Waals surface area (Å²) in [4.78, 5) is 16.4. The first-order valence-electron chi connectivity index (χ1n) is 9.65. The number of nitrogens with one attached hydrogen (secondary N) is 1. The summed E-state index contributed by atoms with van der Waals surface area (Å²) >= 11 is 0.662. The van der Waals surface area contributed by atoms with Gasteiger partial charge in [0, 0.05) is 5.56 Å². The molecule has 0 bridgehead atoms. The summed E-state index contributed by atoms with van der Waals surface area (Å²) in [7, 11) is 0. The van der Waals surface area contributed by atoms with Gasteiger partial charge in [-0.15, -0.1) is 0 Å². The molecule has 3 aromatic rings. The molecule has 0 spiro atoms. The van der Waals surface area contributed by atoms with Gasteiger partial charge in [-0.3, -0.25) is 4.79 Å². The lowest BCUT2D eigenvalue weighted by Crippen LogP contribution is -2.16. The van der Waals surface area contributed by atoms with Crippen molar-refractivity contribution in [3.8, 4) is 23.1 Å². The molecule has 0 aliphatic carbocycles. The number of carbonyl (C=O) groups excluding carboxylic acids is 1. The van der Waals surface area contributed by atoms with Crippen LogP contribution in [0.25, 0.3) is 11.3 Å². The first kappa shape index (κ1) is 24.1. The molecular formula is C23H17F4N3O2S. The van der Waals surface area contributed by atoms with Gasteiger partial charge in [-0.25, -0.2) is 9.37 Å². The Bertz CT molecular complexity index is 1190. The molecular weight excluding hydrogens is 458 g/mol. The van der Waals surface area contributed by atoms with Crippen LogP contribution in [0.4, 0.5) is 23.2 Å². The summed E-state index contributed by atoms with van der Waals surface area (Å²) in [6, 6.07) is 14.1. The first-order chi connectivity index (χ1) is 15.7. The van der Waals surface area contributed by atoms with E-state index in [0.29, 0.717) is 29.7 Å². The molecule has 0 atom stereocenters. The van der Waals surface area contributed by atoms with Crippen LogP contribution in [0.2, 0.25) is 0 Å². The van der Waals surface area contributed by atoms with Crippen molar-refractivity contribution in [2.75, 3.05) is 17.7 Å². The van der Waals surface area contributed by atoms with Crippen LogP contribution in [-0.4, -0.2) is 23.3 Å². The lowest BCUT2D eigenvalue weighted by atomic mass is 10.1. The van der Waals surface area contributed by atoms with E-state index in [4.69, 9.17) is 4.74 Å². The smallest absolute Gasteiger partial charge is 0.417 e. The predicted octanol–water partition coefficient (Wildman–Crippen LogP) is 5.91. The average Bonchev–Trinajstić information content (AvgIpc) is 2.78. The van der Waals surface area contributed by atoms with Crippen LogP contribution in [-0.2, 0) is 11.0 Å². The minimum atomic E-state index is -4.81. The van der Waals surface area contributed by atoms with Crippen molar-refractivity contribution in [1.29, 1.82) is 5.26 Å². The number of halogens is 4. The van der Waals surface area contributed by atoms with E-state index in [9.17, 15) is 27.6 Å². The highest BCUT2D eigenvalue weighted by Gasteiger charge is 2.36. The molecule has 0 saturated heterocycles. The Morgan fingerprint density at radius 3 is 2.48 bits per heavy atom. The molecule has 3 rings (SSSR count). The van der Waals surface area contributed by atoms with E-state index in [0.717, 1.165) is 12.1 Å². The van der Waals surface area contributed by atoms with Crippen LogP contribution >= 0.6 is 11.8 Å². The maximum atomic E-state index is 13.7. The fourth-order valence-corrected chi connectivity index (χ4v) is 3.68. The van der Waals surface area contributed by atoms with Crippen LogP contribution in [0.5, 0.6) is 5.75 Å². The molecule has 0 unspecified atom stereocenters. The molecule has 0 aliphatic heterocycles. The Morgan fingerprint density at radius 2 is 1.88 bits per heavy atom. The normalized spacial score (nSPS) is 11.0. The standard InChI is InChI=1S/C23H17F4N3O2S/c1-2-32-15-9-7-14(8-10-15)20-11-17(23(25,26)27)16(12-28)22(30-20)33-13-21(31)29-19-6-4-3-5-18(19)24/h3-11H,2,13H2,1H3,(H,29,31). The molecule has 5 nitrogen and oxygen atoms in total. The highest BCUT2D eigenvalue weighted by atomic mass is 32.2. The molecule has 1 N–H and O–H groups in total. The molecule has 0 fully saturated rings. The van der Waals surface area contributed by atoms with Gasteiger partial charge in [0.1, 0.15) is 22.7 Å². The Morgan fingerprint density at radius 1 is 1.18 bits per heavy atom. The summed E-state index contributed by atoms with van der Waals surface area (Å²) in [5, 5.41) is 11.5. The maximum Gasteiger partial charge on any atom is 0.417 e. The monoisotopic (exact) mass is 475 g/mol. The topological polar surface area (TPSA) is 75.0 Å². The van der Waals surface area contributed by atoms with E-state index in [-0.39, 0.29) is 22.2 Å². The van der Waals surface area contributed by atoms with Crippen LogP contribution in [0.1, 0.15) is 18.1 Å². The number of aromatic nitrogens is 1. The molecule has 0 saturated carbocycles. The quantitative estimate of drug-likeness (QED) is 0.340. The van der Waals surface area contributed by atoms with Crippen LogP contribution in [0.3, 0.4) is 0 Å². The second-order valence-electron chi connectivity index (χ2n) is 6.62. The zero-order chi connectivity index (χ0) is 24.0. The third-order valence-electron chi connectivity index (χ3n) is 4.35. The van der Waals surface area contributed by atoms with Crippen molar-refractivity contribution in [1.82, 2.24) is 4.98 Å². The summed E-state index contributed by atoms with van der Waals surface area (Å²) in [5.74, 6) is -1.13. The summed E-state index contributed by atoms with van der Waals surface area (Å²) in [6.07, 6.45) is -4.81. The van der Waals surface area contributed by atoms with Gasteiger partial charge in [0.25, 0.3) is 0 Å².